The Morgan fingerprint density at radius 2 is 1.90 bits per heavy atom. The number of hydrogen-bond acceptors (Lipinski definition) is 3. The molecule has 162 valence electrons. The minimum atomic E-state index is 0.431. The summed E-state index contributed by atoms with van der Waals surface area (Å²) in [5.41, 5.74) is 5.28. The molecule has 31 heavy (non-hydrogen) atoms. The van der Waals surface area contributed by atoms with Crippen molar-refractivity contribution in [1.82, 2.24) is 29.4 Å². The van der Waals surface area contributed by atoms with Crippen molar-refractivity contribution in [3.8, 4) is 5.82 Å². The zero-order valence-corrected chi connectivity index (χ0v) is 18.9. The maximum Gasteiger partial charge on any atom is 0.120 e. The second kappa shape index (κ2) is 8.00. The van der Waals surface area contributed by atoms with Gasteiger partial charge in [0.05, 0.1) is 0 Å². The molecule has 6 heteroatoms. The Labute approximate surface area is 183 Å². The Morgan fingerprint density at radius 3 is 2.55 bits per heavy atom. The smallest absolute Gasteiger partial charge is 0.120 e. The summed E-state index contributed by atoms with van der Waals surface area (Å²) in [6.45, 7) is 11.9. The molecule has 1 aromatic carbocycles. The fourth-order valence-electron chi connectivity index (χ4n) is 5.08. The van der Waals surface area contributed by atoms with E-state index in [-0.39, 0.29) is 0 Å². The van der Waals surface area contributed by atoms with Crippen LogP contribution in [0.2, 0.25) is 0 Å². The summed E-state index contributed by atoms with van der Waals surface area (Å²) in [6, 6.07) is 7.04. The standard InChI is InChI=1S/C25H32N6/c1-16(2)24-22-13-20(5-6-23(22)29-25(24)31-12-9-26-18(31)4)19-7-10-30(11-8-19)15-21-14-27-17(3)28-21/h5-6,9,12-14,16,19,29H,7-8,10-11,15H2,1-4H3,(H,27,28). The van der Waals surface area contributed by atoms with Crippen molar-refractivity contribution >= 4 is 10.9 Å². The molecule has 0 saturated carbocycles. The van der Waals surface area contributed by atoms with E-state index >= 15 is 0 Å². The minimum Gasteiger partial charge on any atom is -0.345 e. The zero-order valence-electron chi connectivity index (χ0n) is 18.9. The molecule has 0 bridgehead atoms. The third-order valence-electron chi connectivity index (χ3n) is 6.69. The van der Waals surface area contributed by atoms with Gasteiger partial charge in [-0.2, -0.15) is 0 Å². The summed E-state index contributed by atoms with van der Waals surface area (Å²) in [6.07, 6.45) is 8.29. The Morgan fingerprint density at radius 1 is 1.10 bits per heavy atom. The molecule has 5 rings (SSSR count). The van der Waals surface area contributed by atoms with Crippen LogP contribution in [0.3, 0.4) is 0 Å². The van der Waals surface area contributed by atoms with E-state index in [9.17, 15) is 0 Å². The second-order valence-electron chi connectivity index (χ2n) is 9.24. The van der Waals surface area contributed by atoms with Crippen molar-refractivity contribution in [1.29, 1.82) is 0 Å². The van der Waals surface area contributed by atoms with E-state index < -0.39 is 0 Å². The topological polar surface area (TPSA) is 65.5 Å². The van der Waals surface area contributed by atoms with E-state index in [0.29, 0.717) is 11.8 Å². The van der Waals surface area contributed by atoms with Crippen LogP contribution in [0.5, 0.6) is 0 Å². The number of benzene rings is 1. The number of fused-ring (bicyclic) bond motifs is 1. The molecule has 0 atom stereocenters. The molecule has 0 amide bonds. The largest absolute Gasteiger partial charge is 0.345 e. The number of piperidine rings is 1. The van der Waals surface area contributed by atoms with Crippen LogP contribution in [0.15, 0.2) is 36.8 Å². The number of aryl methyl sites for hydroxylation is 2. The highest BCUT2D eigenvalue weighted by molar-refractivity contribution is 5.88. The van der Waals surface area contributed by atoms with E-state index in [1.54, 1.807) is 0 Å². The highest BCUT2D eigenvalue weighted by Crippen LogP contribution is 2.36. The first kappa shape index (κ1) is 20.1. The molecular weight excluding hydrogens is 384 g/mol. The first-order chi connectivity index (χ1) is 15.0. The first-order valence-electron chi connectivity index (χ1n) is 11.4. The maximum absolute atomic E-state index is 4.43. The molecule has 1 aliphatic heterocycles. The molecule has 1 fully saturated rings. The molecule has 1 aliphatic rings. The van der Waals surface area contributed by atoms with Gasteiger partial charge in [-0.15, -0.1) is 0 Å². The second-order valence-corrected chi connectivity index (χ2v) is 9.24. The van der Waals surface area contributed by atoms with Gasteiger partial charge in [0.2, 0.25) is 0 Å². The minimum absolute atomic E-state index is 0.431. The average Bonchev–Trinajstić information content (AvgIpc) is 3.45. The lowest BCUT2D eigenvalue weighted by Gasteiger charge is -2.32. The monoisotopic (exact) mass is 416 g/mol. The molecule has 0 aliphatic carbocycles. The van der Waals surface area contributed by atoms with E-state index in [4.69, 9.17) is 0 Å². The molecule has 0 radical (unpaired) electrons. The van der Waals surface area contributed by atoms with Crippen LogP contribution in [-0.4, -0.2) is 42.5 Å². The van der Waals surface area contributed by atoms with E-state index in [0.717, 1.165) is 37.1 Å². The maximum atomic E-state index is 4.43. The predicted molar refractivity (Wildman–Crippen MR) is 125 cm³/mol. The van der Waals surface area contributed by atoms with Crippen molar-refractivity contribution in [3.05, 3.63) is 65.3 Å². The highest BCUT2D eigenvalue weighted by atomic mass is 15.1. The Kier molecular flexibility index (Phi) is 5.18. The fourth-order valence-corrected chi connectivity index (χ4v) is 5.08. The van der Waals surface area contributed by atoms with Crippen molar-refractivity contribution in [2.75, 3.05) is 13.1 Å². The summed E-state index contributed by atoms with van der Waals surface area (Å²) in [4.78, 5) is 18.3. The van der Waals surface area contributed by atoms with Gasteiger partial charge in [-0.3, -0.25) is 9.47 Å². The van der Waals surface area contributed by atoms with Crippen LogP contribution in [-0.2, 0) is 6.54 Å². The highest BCUT2D eigenvalue weighted by Gasteiger charge is 2.23. The SMILES string of the molecule is Cc1ncc(CN2CCC(c3ccc4[nH]c(-n5ccnc5C)c(C(C)C)c4c3)CC2)[nH]1. The van der Waals surface area contributed by atoms with Crippen molar-refractivity contribution in [3.63, 3.8) is 0 Å². The Hall–Kier alpha value is -2.86. The van der Waals surface area contributed by atoms with Crippen LogP contribution < -0.4 is 0 Å². The average molecular weight is 417 g/mol. The Balaban J connectivity index is 1.39. The molecule has 4 heterocycles. The van der Waals surface area contributed by atoms with Crippen LogP contribution in [0, 0.1) is 13.8 Å². The predicted octanol–water partition coefficient (Wildman–Crippen LogP) is 5.20. The zero-order chi connectivity index (χ0) is 21.5. The van der Waals surface area contributed by atoms with E-state index in [1.807, 2.05) is 25.5 Å². The number of hydrogen-bond donors (Lipinski definition) is 2. The lowest BCUT2D eigenvalue weighted by atomic mass is 9.88. The molecule has 3 aromatic heterocycles. The van der Waals surface area contributed by atoms with Gasteiger partial charge in [-0.05, 0) is 69.3 Å². The quantitative estimate of drug-likeness (QED) is 0.470. The lowest BCUT2D eigenvalue weighted by molar-refractivity contribution is 0.203. The van der Waals surface area contributed by atoms with Gasteiger partial charge in [0.15, 0.2) is 0 Å². The number of aromatic amines is 2. The van der Waals surface area contributed by atoms with Crippen LogP contribution in [0.25, 0.3) is 16.7 Å². The summed E-state index contributed by atoms with van der Waals surface area (Å²) in [7, 11) is 0. The van der Waals surface area contributed by atoms with Crippen LogP contribution in [0.1, 0.15) is 67.0 Å². The molecular formula is C25H32N6. The molecule has 0 unspecified atom stereocenters. The molecule has 2 N–H and O–H groups in total. The molecule has 4 aromatic rings. The molecule has 6 nitrogen and oxygen atoms in total. The van der Waals surface area contributed by atoms with Gasteiger partial charge in [-0.25, -0.2) is 9.97 Å². The summed E-state index contributed by atoms with van der Waals surface area (Å²) >= 11 is 0. The van der Waals surface area contributed by atoms with Crippen LogP contribution >= 0.6 is 0 Å². The number of likely N-dealkylation sites (tertiary alicyclic amines) is 1. The van der Waals surface area contributed by atoms with Gasteiger partial charge in [0.1, 0.15) is 17.5 Å². The first-order valence-corrected chi connectivity index (χ1v) is 11.4. The van der Waals surface area contributed by atoms with E-state index in [1.165, 1.54) is 40.6 Å². The summed E-state index contributed by atoms with van der Waals surface area (Å²) in [5.74, 6) is 4.21. The van der Waals surface area contributed by atoms with Crippen molar-refractivity contribution in [2.24, 2.45) is 0 Å². The van der Waals surface area contributed by atoms with E-state index in [2.05, 4.69) is 68.4 Å². The van der Waals surface area contributed by atoms with Crippen LogP contribution in [0.4, 0.5) is 0 Å². The normalized spacial score (nSPS) is 16.0. The summed E-state index contributed by atoms with van der Waals surface area (Å²) < 4.78 is 2.17. The number of rotatable bonds is 5. The third kappa shape index (κ3) is 3.81. The number of H-pyrrole nitrogens is 2. The Bertz CT molecular complexity index is 1190. The molecule has 1 saturated heterocycles. The van der Waals surface area contributed by atoms with Crippen molar-refractivity contribution < 1.29 is 0 Å². The number of imidazole rings is 2. The number of nitrogens with one attached hydrogen (secondary N) is 2. The molecule has 0 spiro atoms. The van der Waals surface area contributed by atoms with Gasteiger partial charge < -0.3 is 9.97 Å². The van der Waals surface area contributed by atoms with Gasteiger partial charge in [0, 0.05) is 47.3 Å². The number of aromatic nitrogens is 5. The van der Waals surface area contributed by atoms with Gasteiger partial charge in [-0.1, -0.05) is 19.9 Å². The van der Waals surface area contributed by atoms with Gasteiger partial charge in [0.25, 0.3) is 0 Å². The fraction of sp³-hybridized carbons (Fsp3) is 0.440. The van der Waals surface area contributed by atoms with Gasteiger partial charge >= 0.3 is 0 Å². The summed E-state index contributed by atoms with van der Waals surface area (Å²) in [5, 5.41) is 1.35. The number of nitrogens with zero attached hydrogens (tertiary/aromatic N) is 4. The van der Waals surface area contributed by atoms with Crippen molar-refractivity contribution in [2.45, 2.75) is 58.9 Å². The third-order valence-corrected chi connectivity index (χ3v) is 6.69. The lowest BCUT2D eigenvalue weighted by Crippen LogP contribution is -2.32.